The molecule has 5 saturated carbocycles. The lowest BCUT2D eigenvalue weighted by atomic mass is 9.41. The summed E-state index contributed by atoms with van der Waals surface area (Å²) in [4.78, 5) is 14.2. The Balaban J connectivity index is 1.14. The van der Waals surface area contributed by atoms with Crippen molar-refractivity contribution >= 4 is 5.97 Å². The van der Waals surface area contributed by atoms with E-state index in [2.05, 4.69) is 20.8 Å². The van der Waals surface area contributed by atoms with Crippen LogP contribution in [0.3, 0.4) is 0 Å². The number of aliphatic hydroxyl groups is 7. The molecule has 2 spiro atoms. The van der Waals surface area contributed by atoms with Gasteiger partial charge in [-0.2, -0.15) is 0 Å². The van der Waals surface area contributed by atoms with Crippen LogP contribution in [0.5, 0.6) is 0 Å². The van der Waals surface area contributed by atoms with Crippen molar-refractivity contribution in [2.75, 3.05) is 13.7 Å². The lowest BCUT2D eigenvalue weighted by Gasteiger charge is -2.64. The Morgan fingerprint density at radius 2 is 1.54 bits per heavy atom. The van der Waals surface area contributed by atoms with Crippen LogP contribution in [0.1, 0.15) is 99.3 Å². The predicted octanol–water partition coefficient (Wildman–Crippen LogP) is 1.87. The van der Waals surface area contributed by atoms with Gasteiger partial charge < -0.3 is 54.7 Å². The first-order chi connectivity index (χ1) is 23.3. The summed E-state index contributed by atoms with van der Waals surface area (Å²) in [5, 5.41) is 75.8. The number of carbonyl (C=O) groups is 1. The number of fused-ring (bicyclic) bond motifs is 2. The molecule has 5 aliphatic carbocycles. The van der Waals surface area contributed by atoms with Crippen LogP contribution in [0.4, 0.5) is 0 Å². The minimum absolute atomic E-state index is 0.00783. The molecule has 0 radical (unpaired) electrons. The molecule has 0 unspecified atom stereocenters. The van der Waals surface area contributed by atoms with Crippen LogP contribution in [0, 0.1) is 56.7 Å². The maximum atomic E-state index is 14.2. The highest BCUT2D eigenvalue weighted by atomic mass is 16.7. The van der Waals surface area contributed by atoms with E-state index in [-0.39, 0.29) is 46.5 Å². The molecular weight excluding hydrogens is 648 g/mol. The van der Waals surface area contributed by atoms with E-state index in [1.807, 2.05) is 13.8 Å². The number of hydrogen-bond donors (Lipinski definition) is 7. The van der Waals surface area contributed by atoms with Gasteiger partial charge in [-0.25, -0.2) is 0 Å². The predicted molar refractivity (Wildman–Crippen MR) is 178 cm³/mol. The largest absolute Gasteiger partial charge is 0.432 e. The number of aliphatic hydroxyl groups excluding tert-OH is 6. The van der Waals surface area contributed by atoms with Crippen LogP contribution < -0.4 is 0 Å². The number of rotatable bonds is 7. The summed E-state index contributed by atoms with van der Waals surface area (Å²) in [6.45, 7) is 12.3. The van der Waals surface area contributed by atoms with E-state index in [1.54, 1.807) is 14.0 Å². The SMILES string of the molecule is CO[C@H]1O[C@@H]([C@@H](C)[C@H]2CC[C@@]3(C)[C@@H]4CC[C@H]5[C@](C)(C(=O)O[C@@H]6O[C@H](CO)[C@@H](O)[C@H](O)[C@H]6O)[C@@H](O)C[C@H](O)[C@@]56C[C@@]46CC[C@]23C)C[C@]1(O)C(C)C. The molecule has 12 heteroatoms. The van der Waals surface area contributed by atoms with Crippen LogP contribution in [-0.2, 0) is 23.7 Å². The summed E-state index contributed by atoms with van der Waals surface area (Å²) >= 11 is 0. The average Bonchev–Trinajstić information content (AvgIpc) is 3.53. The van der Waals surface area contributed by atoms with Gasteiger partial charge >= 0.3 is 5.97 Å². The smallest absolute Gasteiger partial charge is 0.317 e. The standard InChI is InChI=1S/C38H62O12/c1-18(2)38(46)15-21(49-32(38)47-7)19(3)20-10-11-34(5)23-8-9-24-35(6,31(45)50-30-29(44)28(43)27(42)22(16-39)48-30)25(40)14-26(41)37(24)17-36(23,37)13-12-33(20,34)4/h18-30,32,39-44,46H,8-17H2,1-7H3/t19-,20+,21+,22+,23-,24-,25-,26-,27+,28-,29+,30-,32-,33+,34-,35-,36-,37+,38-/m0/s1. The Morgan fingerprint density at radius 3 is 2.16 bits per heavy atom. The Kier molecular flexibility index (Phi) is 9.00. The molecule has 7 fully saturated rings. The summed E-state index contributed by atoms with van der Waals surface area (Å²) in [6.07, 6.45) is -3.86. The Bertz CT molecular complexity index is 1330. The van der Waals surface area contributed by atoms with Gasteiger partial charge in [0.25, 0.3) is 0 Å². The fourth-order valence-electron chi connectivity index (χ4n) is 13.7. The van der Waals surface area contributed by atoms with Crippen molar-refractivity contribution in [3.05, 3.63) is 0 Å². The van der Waals surface area contributed by atoms with Gasteiger partial charge in [0.2, 0.25) is 6.29 Å². The van der Waals surface area contributed by atoms with E-state index < -0.39 is 78.2 Å². The van der Waals surface area contributed by atoms with E-state index in [0.717, 1.165) is 38.5 Å². The zero-order valence-corrected chi connectivity index (χ0v) is 30.8. The molecule has 0 aromatic heterocycles. The Morgan fingerprint density at radius 1 is 0.860 bits per heavy atom. The summed E-state index contributed by atoms with van der Waals surface area (Å²) in [6, 6.07) is 0. The molecule has 7 rings (SSSR count). The van der Waals surface area contributed by atoms with Crippen molar-refractivity contribution in [1.29, 1.82) is 0 Å². The summed E-state index contributed by atoms with van der Waals surface area (Å²) in [5.74, 6) is -0.252. The van der Waals surface area contributed by atoms with E-state index >= 15 is 0 Å². The molecule has 0 amide bonds. The lowest BCUT2D eigenvalue weighted by molar-refractivity contribution is -0.300. The summed E-state index contributed by atoms with van der Waals surface area (Å²) < 4.78 is 23.3. The number of hydrogen-bond acceptors (Lipinski definition) is 12. The van der Waals surface area contributed by atoms with Gasteiger partial charge in [-0.05, 0) is 97.7 Å². The lowest BCUT2D eigenvalue weighted by Crippen LogP contribution is -2.65. The first kappa shape index (κ1) is 37.4. The minimum atomic E-state index is -1.74. The highest BCUT2D eigenvalue weighted by molar-refractivity contribution is 5.78. The third-order valence-corrected chi connectivity index (χ3v) is 17.0. The van der Waals surface area contributed by atoms with Gasteiger partial charge in [0.15, 0.2) is 6.29 Å². The van der Waals surface area contributed by atoms with Crippen molar-refractivity contribution in [2.45, 2.75) is 160 Å². The fraction of sp³-hybridized carbons (Fsp3) is 0.974. The second-order valence-electron chi connectivity index (χ2n) is 18.6. The maximum Gasteiger partial charge on any atom is 0.317 e. The highest BCUT2D eigenvalue weighted by Crippen LogP contribution is 2.89. The Hall–Kier alpha value is -0.930. The van der Waals surface area contributed by atoms with Crippen molar-refractivity contribution in [3.8, 4) is 0 Å². The summed E-state index contributed by atoms with van der Waals surface area (Å²) in [5.41, 5.74) is -3.21. The van der Waals surface area contributed by atoms with Crippen LogP contribution in [0.2, 0.25) is 0 Å². The topological polar surface area (TPSA) is 196 Å². The van der Waals surface area contributed by atoms with Gasteiger partial charge in [0, 0.05) is 25.4 Å². The molecule has 7 aliphatic rings. The quantitative estimate of drug-likeness (QED) is 0.190. The fourth-order valence-corrected chi connectivity index (χ4v) is 13.7. The molecule has 0 aromatic rings. The van der Waals surface area contributed by atoms with Crippen LogP contribution in [0.25, 0.3) is 0 Å². The number of esters is 1. The molecular formula is C38H62O12. The molecule has 7 N–H and O–H groups in total. The highest BCUT2D eigenvalue weighted by Gasteiger charge is 2.86. The molecule has 2 heterocycles. The van der Waals surface area contributed by atoms with E-state index in [4.69, 9.17) is 18.9 Å². The molecule has 19 atom stereocenters. The van der Waals surface area contributed by atoms with Crippen molar-refractivity contribution < 1.29 is 59.5 Å². The number of methoxy groups -OCH3 is 1. The first-order valence-electron chi connectivity index (χ1n) is 19.1. The average molecular weight is 711 g/mol. The van der Waals surface area contributed by atoms with Crippen molar-refractivity contribution in [2.24, 2.45) is 56.7 Å². The molecule has 0 aromatic carbocycles. The second-order valence-corrected chi connectivity index (χ2v) is 18.6. The second kappa shape index (κ2) is 12.0. The third kappa shape index (κ3) is 4.56. The maximum absolute atomic E-state index is 14.2. The zero-order valence-electron chi connectivity index (χ0n) is 30.8. The first-order valence-corrected chi connectivity index (χ1v) is 19.1. The number of carbonyl (C=O) groups excluding carboxylic acids is 1. The van der Waals surface area contributed by atoms with E-state index in [9.17, 15) is 40.5 Å². The molecule has 2 aliphatic heterocycles. The molecule has 12 nitrogen and oxygen atoms in total. The van der Waals surface area contributed by atoms with Gasteiger partial charge in [-0.3, -0.25) is 4.79 Å². The monoisotopic (exact) mass is 710 g/mol. The van der Waals surface area contributed by atoms with Crippen molar-refractivity contribution in [1.82, 2.24) is 0 Å². The summed E-state index contributed by atoms with van der Waals surface area (Å²) in [7, 11) is 1.60. The molecule has 0 bridgehead atoms. The van der Waals surface area contributed by atoms with E-state index in [0.29, 0.717) is 24.7 Å². The molecule has 286 valence electrons. The zero-order chi connectivity index (χ0) is 36.6. The van der Waals surface area contributed by atoms with Gasteiger partial charge in [0.05, 0.1) is 30.3 Å². The van der Waals surface area contributed by atoms with E-state index in [1.165, 1.54) is 0 Å². The van der Waals surface area contributed by atoms with Crippen LogP contribution >= 0.6 is 0 Å². The van der Waals surface area contributed by atoms with Gasteiger partial charge in [-0.15, -0.1) is 0 Å². The van der Waals surface area contributed by atoms with Crippen LogP contribution in [0.15, 0.2) is 0 Å². The Labute approximate surface area is 295 Å². The van der Waals surface area contributed by atoms with Gasteiger partial charge in [-0.1, -0.05) is 34.6 Å². The normalized spacial score (nSPS) is 57.7. The third-order valence-electron chi connectivity index (χ3n) is 17.0. The number of ether oxygens (including phenoxy) is 4. The molecule has 2 saturated heterocycles. The van der Waals surface area contributed by atoms with Gasteiger partial charge in [0.1, 0.15) is 30.0 Å². The van der Waals surface area contributed by atoms with Crippen LogP contribution in [-0.4, -0.2) is 116 Å². The van der Waals surface area contributed by atoms with Crippen molar-refractivity contribution in [3.63, 3.8) is 0 Å². The minimum Gasteiger partial charge on any atom is -0.432 e. The molecule has 50 heavy (non-hydrogen) atoms.